The van der Waals surface area contributed by atoms with Gasteiger partial charge < -0.3 is 14.6 Å². The Balaban J connectivity index is 1.43. The van der Waals surface area contributed by atoms with Gasteiger partial charge in [-0.3, -0.25) is 9.59 Å². The van der Waals surface area contributed by atoms with Gasteiger partial charge in [-0.05, 0) is 67.8 Å². The molecule has 5 heteroatoms. The molecule has 0 amide bonds. The zero-order valence-corrected chi connectivity index (χ0v) is 17.2. The summed E-state index contributed by atoms with van der Waals surface area (Å²) in [5.41, 5.74) is 0.921. The van der Waals surface area contributed by atoms with E-state index >= 15 is 0 Å². The van der Waals surface area contributed by atoms with Crippen molar-refractivity contribution in [1.82, 2.24) is 0 Å². The van der Waals surface area contributed by atoms with Gasteiger partial charge in [-0.2, -0.15) is 0 Å². The molecule has 0 radical (unpaired) electrons. The Morgan fingerprint density at radius 2 is 2.07 bits per heavy atom. The van der Waals surface area contributed by atoms with Crippen molar-refractivity contribution in [3.05, 3.63) is 11.6 Å². The van der Waals surface area contributed by atoms with Crippen LogP contribution in [0.1, 0.15) is 65.7 Å². The average molecular weight is 389 g/mol. The van der Waals surface area contributed by atoms with Gasteiger partial charge in [0.05, 0.1) is 6.10 Å². The third kappa shape index (κ3) is 2.32. The van der Waals surface area contributed by atoms with Crippen molar-refractivity contribution in [3.63, 3.8) is 0 Å². The molecule has 0 aromatic rings. The largest absolute Gasteiger partial charge is 0.463 e. The summed E-state index contributed by atoms with van der Waals surface area (Å²) < 4.78 is 11.5. The molecular weight excluding hydrogens is 356 g/mol. The van der Waals surface area contributed by atoms with Crippen LogP contribution in [-0.2, 0) is 19.1 Å². The smallest absolute Gasteiger partial charge is 0.302 e. The van der Waals surface area contributed by atoms with E-state index in [0.29, 0.717) is 24.9 Å². The van der Waals surface area contributed by atoms with Gasteiger partial charge in [-0.15, -0.1) is 0 Å². The fraction of sp³-hybridized carbons (Fsp3) is 0.826. The number of allylic oxidation sites excluding steroid dienone is 1. The van der Waals surface area contributed by atoms with Crippen LogP contribution in [0.2, 0.25) is 0 Å². The summed E-state index contributed by atoms with van der Waals surface area (Å²) in [4.78, 5) is 23.2. The quantitative estimate of drug-likeness (QED) is 0.581. The fourth-order valence-corrected chi connectivity index (χ4v) is 8.01. The minimum absolute atomic E-state index is 0.0305. The molecule has 154 valence electrons. The number of hydrogen-bond acceptors (Lipinski definition) is 5. The van der Waals surface area contributed by atoms with Crippen molar-refractivity contribution in [2.75, 3.05) is 6.61 Å². The first-order chi connectivity index (χ1) is 13.2. The van der Waals surface area contributed by atoms with Crippen LogP contribution in [0.4, 0.5) is 0 Å². The van der Waals surface area contributed by atoms with E-state index < -0.39 is 0 Å². The second-order valence-electron chi connectivity index (χ2n) is 10.4. The lowest BCUT2D eigenvalue weighted by atomic mass is 9.46. The lowest BCUT2D eigenvalue weighted by Crippen LogP contribution is -2.58. The van der Waals surface area contributed by atoms with Gasteiger partial charge in [0, 0.05) is 18.8 Å². The highest BCUT2D eigenvalue weighted by molar-refractivity contribution is 5.91. The minimum atomic E-state index is -0.373. The molecule has 0 aromatic carbocycles. The highest BCUT2D eigenvalue weighted by Gasteiger charge is 2.75. The van der Waals surface area contributed by atoms with Gasteiger partial charge in [0.25, 0.3) is 0 Å². The number of esters is 1. The number of ether oxygens (including phenoxy) is 2. The van der Waals surface area contributed by atoms with Crippen molar-refractivity contribution in [2.24, 2.45) is 28.6 Å². The normalized spacial score (nSPS) is 51.8. The standard InChI is InChI=1S/C23H32O5/c1-13(24)27-12-19-23(28-19)9-7-17-16-5-4-14-10-15(25)6-8-21(14,2)20(16)18(26)11-22(17,23)3/h10,16-20,26H,4-9,11-12H2,1-3H3/t16-,17-,18-,19+,20+,21-,22-,23+/m0/s1. The molecule has 1 aliphatic heterocycles. The number of carbonyl (C=O) groups excluding carboxylic acids is 2. The topological polar surface area (TPSA) is 76.1 Å². The number of hydrogen-bond donors (Lipinski definition) is 1. The van der Waals surface area contributed by atoms with Crippen molar-refractivity contribution >= 4 is 11.8 Å². The lowest BCUT2D eigenvalue weighted by Gasteiger charge is -2.59. The van der Waals surface area contributed by atoms with E-state index in [2.05, 4.69) is 13.8 Å². The molecule has 1 spiro atoms. The van der Waals surface area contributed by atoms with Crippen LogP contribution in [0.5, 0.6) is 0 Å². The van der Waals surface area contributed by atoms with Crippen LogP contribution in [0.15, 0.2) is 11.6 Å². The van der Waals surface area contributed by atoms with Gasteiger partial charge in [0.15, 0.2) is 5.78 Å². The van der Waals surface area contributed by atoms with Gasteiger partial charge in [0.2, 0.25) is 0 Å². The van der Waals surface area contributed by atoms with Gasteiger partial charge in [0.1, 0.15) is 18.3 Å². The van der Waals surface area contributed by atoms with Crippen molar-refractivity contribution in [1.29, 1.82) is 0 Å². The monoisotopic (exact) mass is 388 g/mol. The summed E-state index contributed by atoms with van der Waals surface area (Å²) in [6.45, 7) is 6.35. The first-order valence-electron chi connectivity index (χ1n) is 10.9. The molecule has 4 aliphatic carbocycles. The van der Waals surface area contributed by atoms with E-state index in [1.807, 2.05) is 6.08 Å². The van der Waals surface area contributed by atoms with Gasteiger partial charge in [-0.1, -0.05) is 19.4 Å². The van der Waals surface area contributed by atoms with Crippen LogP contribution in [-0.4, -0.2) is 41.3 Å². The molecule has 5 aliphatic rings. The van der Waals surface area contributed by atoms with Crippen LogP contribution < -0.4 is 0 Å². The van der Waals surface area contributed by atoms with Crippen molar-refractivity contribution in [2.45, 2.75) is 83.5 Å². The fourth-order valence-electron chi connectivity index (χ4n) is 8.01. The van der Waals surface area contributed by atoms with Gasteiger partial charge in [-0.25, -0.2) is 0 Å². The van der Waals surface area contributed by atoms with Crippen LogP contribution in [0.25, 0.3) is 0 Å². The predicted octanol–water partition coefficient (Wildman–Crippen LogP) is 3.19. The van der Waals surface area contributed by atoms with Crippen molar-refractivity contribution in [3.8, 4) is 0 Å². The first-order valence-corrected chi connectivity index (χ1v) is 10.9. The molecule has 28 heavy (non-hydrogen) atoms. The Morgan fingerprint density at radius 3 is 2.82 bits per heavy atom. The van der Waals surface area contributed by atoms with E-state index in [1.165, 1.54) is 12.5 Å². The summed E-state index contributed by atoms with van der Waals surface area (Å²) in [5, 5.41) is 11.4. The average Bonchev–Trinajstić information content (AvgIpc) is 3.27. The number of ketones is 1. The van der Waals surface area contributed by atoms with Crippen LogP contribution in [0.3, 0.4) is 0 Å². The maximum atomic E-state index is 12.0. The van der Waals surface area contributed by atoms with Crippen LogP contribution in [0, 0.1) is 28.6 Å². The third-order valence-electron chi connectivity index (χ3n) is 9.33. The predicted molar refractivity (Wildman–Crippen MR) is 102 cm³/mol. The Hall–Kier alpha value is -1.20. The number of fused-ring (bicyclic) bond motifs is 6. The first kappa shape index (κ1) is 18.8. The molecule has 0 bridgehead atoms. The summed E-state index contributed by atoms with van der Waals surface area (Å²) in [6.07, 6.45) is 7.85. The molecule has 8 atom stereocenters. The molecule has 0 aromatic heterocycles. The Morgan fingerprint density at radius 1 is 1.29 bits per heavy atom. The highest BCUT2D eigenvalue weighted by atomic mass is 16.6. The summed E-state index contributed by atoms with van der Waals surface area (Å²) in [6, 6.07) is 0. The molecule has 1 saturated heterocycles. The molecule has 0 unspecified atom stereocenters. The molecule has 1 heterocycles. The van der Waals surface area contributed by atoms with Crippen LogP contribution >= 0.6 is 0 Å². The molecule has 3 saturated carbocycles. The highest BCUT2D eigenvalue weighted by Crippen LogP contribution is 2.72. The Labute approximate surface area is 166 Å². The number of carbonyl (C=O) groups is 2. The second-order valence-corrected chi connectivity index (χ2v) is 10.4. The zero-order valence-electron chi connectivity index (χ0n) is 17.2. The number of rotatable bonds is 2. The zero-order chi connectivity index (χ0) is 19.9. The number of epoxide rings is 1. The molecular formula is C23H32O5. The number of aliphatic hydroxyl groups is 1. The van der Waals surface area contributed by atoms with E-state index in [9.17, 15) is 14.7 Å². The molecule has 5 rings (SSSR count). The maximum Gasteiger partial charge on any atom is 0.302 e. The van der Waals surface area contributed by atoms with E-state index in [1.54, 1.807) is 0 Å². The van der Waals surface area contributed by atoms with Crippen molar-refractivity contribution < 1.29 is 24.2 Å². The molecule has 5 nitrogen and oxygen atoms in total. The summed E-state index contributed by atoms with van der Waals surface area (Å²) >= 11 is 0. The second kappa shape index (κ2) is 5.91. The Kier molecular flexibility index (Phi) is 3.97. The maximum absolute atomic E-state index is 12.0. The summed E-state index contributed by atoms with van der Waals surface area (Å²) in [7, 11) is 0. The van der Waals surface area contributed by atoms with Gasteiger partial charge >= 0.3 is 5.97 Å². The van der Waals surface area contributed by atoms with E-state index in [4.69, 9.17) is 9.47 Å². The lowest BCUT2D eigenvalue weighted by molar-refractivity contribution is -0.141. The minimum Gasteiger partial charge on any atom is -0.463 e. The van der Waals surface area contributed by atoms with E-state index in [0.717, 1.165) is 38.5 Å². The number of aliphatic hydroxyl groups excluding tert-OH is 1. The SMILES string of the molecule is CC(=O)OC[C@H]1O[C@]12CC[C@H]1[C@@H]3CCC4=CC(=O)CC[C@]4(C)[C@H]3[C@@H](O)C[C@@]12C. The van der Waals surface area contributed by atoms with E-state index in [-0.39, 0.29) is 46.3 Å². The Bertz CT molecular complexity index is 758. The summed E-state index contributed by atoms with van der Waals surface area (Å²) in [5.74, 6) is 1.22. The third-order valence-corrected chi connectivity index (χ3v) is 9.33. The molecule has 4 fully saturated rings. The molecule has 1 N–H and O–H groups in total.